The first kappa shape index (κ1) is 13.2. The third-order valence-electron chi connectivity index (χ3n) is 4.71. The minimum absolute atomic E-state index is 0.00528. The van der Waals surface area contributed by atoms with Crippen molar-refractivity contribution in [1.29, 1.82) is 0 Å². The highest BCUT2D eigenvalue weighted by Crippen LogP contribution is 2.51. The van der Waals surface area contributed by atoms with Gasteiger partial charge in [-0.2, -0.15) is 0 Å². The summed E-state index contributed by atoms with van der Waals surface area (Å²) in [6, 6.07) is 5.40. The molecule has 4 nitrogen and oxygen atoms in total. The molecule has 1 aromatic rings. The third kappa shape index (κ3) is 2.30. The fourth-order valence-corrected chi connectivity index (χ4v) is 2.85. The van der Waals surface area contributed by atoms with Crippen molar-refractivity contribution in [2.75, 3.05) is 11.9 Å². The minimum Gasteiger partial charge on any atom is -0.351 e. The number of benzene rings is 1. The Kier molecular flexibility index (Phi) is 3.04. The number of rotatable bonds is 4. The Bertz CT molecular complexity index is 574. The molecule has 0 radical (unpaired) electrons. The second kappa shape index (κ2) is 4.62. The van der Waals surface area contributed by atoms with Gasteiger partial charge in [0.05, 0.1) is 6.42 Å². The third-order valence-corrected chi connectivity index (χ3v) is 4.71. The minimum atomic E-state index is -0.0425. The average Bonchev–Trinajstić information content (AvgIpc) is 3.11. The molecule has 20 heavy (non-hydrogen) atoms. The molecule has 0 aromatic heterocycles. The number of amides is 2. The van der Waals surface area contributed by atoms with Crippen LogP contribution in [0.2, 0.25) is 0 Å². The maximum absolute atomic E-state index is 12.2. The molecule has 4 heteroatoms. The van der Waals surface area contributed by atoms with Crippen molar-refractivity contribution < 1.29 is 9.59 Å². The van der Waals surface area contributed by atoms with Crippen LogP contribution in [0.15, 0.2) is 18.2 Å². The van der Waals surface area contributed by atoms with E-state index < -0.39 is 0 Å². The van der Waals surface area contributed by atoms with Gasteiger partial charge in [0.2, 0.25) is 5.91 Å². The molecule has 1 aliphatic carbocycles. The van der Waals surface area contributed by atoms with Gasteiger partial charge in [-0.3, -0.25) is 9.59 Å². The molecule has 3 rings (SSSR count). The second-order valence-corrected chi connectivity index (χ2v) is 6.30. The number of hydrogen-bond acceptors (Lipinski definition) is 2. The number of anilines is 1. The lowest BCUT2D eigenvalue weighted by Gasteiger charge is -2.20. The summed E-state index contributed by atoms with van der Waals surface area (Å²) in [4.78, 5) is 23.5. The summed E-state index contributed by atoms with van der Waals surface area (Å²) in [6.45, 7) is 5.18. The smallest absolute Gasteiger partial charge is 0.251 e. The van der Waals surface area contributed by atoms with Gasteiger partial charge in [-0.05, 0) is 47.9 Å². The Balaban J connectivity index is 1.66. The summed E-state index contributed by atoms with van der Waals surface area (Å²) >= 11 is 0. The summed E-state index contributed by atoms with van der Waals surface area (Å²) in [7, 11) is 0. The van der Waals surface area contributed by atoms with Crippen LogP contribution in [-0.4, -0.2) is 18.4 Å². The molecule has 0 bridgehead atoms. The second-order valence-electron chi connectivity index (χ2n) is 6.30. The average molecular weight is 272 g/mol. The molecule has 0 unspecified atom stereocenters. The first-order valence-electron chi connectivity index (χ1n) is 7.21. The van der Waals surface area contributed by atoms with Crippen molar-refractivity contribution in [3.05, 3.63) is 29.3 Å². The molecule has 1 aliphatic heterocycles. The highest BCUT2D eigenvalue weighted by Gasteiger charge is 2.45. The number of carbonyl (C=O) groups excluding carboxylic acids is 2. The zero-order valence-corrected chi connectivity index (χ0v) is 12.0. The lowest BCUT2D eigenvalue weighted by molar-refractivity contribution is -0.115. The molecule has 2 aliphatic rings. The van der Waals surface area contributed by atoms with Crippen LogP contribution >= 0.6 is 0 Å². The van der Waals surface area contributed by atoms with Crippen LogP contribution in [-0.2, 0) is 11.2 Å². The van der Waals surface area contributed by atoms with Crippen LogP contribution in [0.4, 0.5) is 5.69 Å². The van der Waals surface area contributed by atoms with E-state index in [2.05, 4.69) is 24.5 Å². The van der Waals surface area contributed by atoms with E-state index in [1.54, 1.807) is 6.07 Å². The van der Waals surface area contributed by atoms with Crippen LogP contribution in [0.25, 0.3) is 0 Å². The molecule has 1 saturated carbocycles. The lowest BCUT2D eigenvalue weighted by Crippen LogP contribution is -2.32. The van der Waals surface area contributed by atoms with Crippen LogP contribution in [0.1, 0.15) is 42.6 Å². The number of carbonyl (C=O) groups is 2. The monoisotopic (exact) mass is 272 g/mol. The Morgan fingerprint density at radius 1 is 1.40 bits per heavy atom. The summed E-state index contributed by atoms with van der Waals surface area (Å²) in [5.74, 6) is 0.554. The van der Waals surface area contributed by atoms with Crippen molar-refractivity contribution in [3.8, 4) is 0 Å². The molecule has 2 amide bonds. The standard InChI is InChI=1S/C16H20N2O2/c1-10(2)16(5-6-16)9-17-15(20)11-3-4-13-12(7-11)8-14(19)18-13/h3-4,7,10H,5-6,8-9H2,1-2H3,(H,17,20)(H,18,19). The van der Waals surface area contributed by atoms with Gasteiger partial charge < -0.3 is 10.6 Å². The van der Waals surface area contributed by atoms with Crippen LogP contribution in [0.3, 0.4) is 0 Å². The largest absolute Gasteiger partial charge is 0.351 e. The Labute approximate surface area is 118 Å². The zero-order valence-electron chi connectivity index (χ0n) is 12.0. The zero-order chi connectivity index (χ0) is 14.3. The van der Waals surface area contributed by atoms with E-state index in [0.717, 1.165) is 17.8 Å². The summed E-state index contributed by atoms with van der Waals surface area (Å²) in [5, 5.41) is 5.82. The number of hydrogen-bond donors (Lipinski definition) is 2. The highest BCUT2D eigenvalue weighted by molar-refractivity contribution is 6.01. The van der Waals surface area contributed by atoms with Crippen molar-refractivity contribution in [2.45, 2.75) is 33.1 Å². The van der Waals surface area contributed by atoms with Gasteiger partial charge in [0.15, 0.2) is 0 Å². The molecule has 1 heterocycles. The molecule has 1 aromatic carbocycles. The Morgan fingerprint density at radius 2 is 2.15 bits per heavy atom. The van der Waals surface area contributed by atoms with E-state index in [-0.39, 0.29) is 11.8 Å². The van der Waals surface area contributed by atoms with Gasteiger partial charge in [0.25, 0.3) is 5.91 Å². The Hall–Kier alpha value is -1.84. The molecular formula is C16H20N2O2. The van der Waals surface area contributed by atoms with Crippen LogP contribution in [0, 0.1) is 11.3 Å². The SMILES string of the molecule is CC(C)C1(CNC(=O)c2ccc3c(c2)CC(=O)N3)CC1. The highest BCUT2D eigenvalue weighted by atomic mass is 16.2. The van der Waals surface area contributed by atoms with Gasteiger partial charge >= 0.3 is 0 Å². The maximum atomic E-state index is 12.2. The van der Waals surface area contributed by atoms with E-state index in [0.29, 0.717) is 23.3 Å². The Morgan fingerprint density at radius 3 is 2.80 bits per heavy atom. The number of fused-ring (bicyclic) bond motifs is 1. The predicted octanol–water partition coefficient (Wildman–Crippen LogP) is 2.35. The van der Waals surface area contributed by atoms with Gasteiger partial charge in [-0.15, -0.1) is 0 Å². The van der Waals surface area contributed by atoms with E-state index in [1.807, 2.05) is 12.1 Å². The molecule has 0 atom stereocenters. The van der Waals surface area contributed by atoms with Gasteiger partial charge in [-0.25, -0.2) is 0 Å². The van der Waals surface area contributed by atoms with E-state index in [9.17, 15) is 9.59 Å². The summed E-state index contributed by atoms with van der Waals surface area (Å²) in [5.41, 5.74) is 2.68. The predicted molar refractivity (Wildman–Crippen MR) is 77.6 cm³/mol. The normalized spacial score (nSPS) is 18.6. The number of nitrogens with one attached hydrogen (secondary N) is 2. The summed E-state index contributed by atoms with van der Waals surface area (Å²) < 4.78 is 0. The van der Waals surface area contributed by atoms with Crippen molar-refractivity contribution >= 4 is 17.5 Å². The molecule has 0 saturated heterocycles. The lowest BCUT2D eigenvalue weighted by atomic mass is 9.92. The van der Waals surface area contributed by atoms with Crippen LogP contribution in [0.5, 0.6) is 0 Å². The quantitative estimate of drug-likeness (QED) is 0.884. The fourth-order valence-electron chi connectivity index (χ4n) is 2.85. The first-order chi connectivity index (χ1) is 9.50. The maximum Gasteiger partial charge on any atom is 0.251 e. The fraction of sp³-hybridized carbons (Fsp3) is 0.500. The van der Waals surface area contributed by atoms with Crippen molar-refractivity contribution in [3.63, 3.8) is 0 Å². The first-order valence-corrected chi connectivity index (χ1v) is 7.21. The van der Waals surface area contributed by atoms with E-state index >= 15 is 0 Å². The van der Waals surface area contributed by atoms with Gasteiger partial charge in [0, 0.05) is 17.8 Å². The summed E-state index contributed by atoms with van der Waals surface area (Å²) in [6.07, 6.45) is 2.77. The van der Waals surface area contributed by atoms with E-state index in [1.165, 1.54) is 12.8 Å². The van der Waals surface area contributed by atoms with Crippen molar-refractivity contribution in [1.82, 2.24) is 5.32 Å². The molecular weight excluding hydrogens is 252 g/mol. The molecule has 0 spiro atoms. The van der Waals surface area contributed by atoms with Gasteiger partial charge in [-0.1, -0.05) is 13.8 Å². The molecule has 2 N–H and O–H groups in total. The van der Waals surface area contributed by atoms with E-state index in [4.69, 9.17) is 0 Å². The van der Waals surface area contributed by atoms with Crippen molar-refractivity contribution in [2.24, 2.45) is 11.3 Å². The molecule has 106 valence electrons. The van der Waals surface area contributed by atoms with Crippen LogP contribution < -0.4 is 10.6 Å². The topological polar surface area (TPSA) is 58.2 Å². The van der Waals surface area contributed by atoms with Gasteiger partial charge in [0.1, 0.15) is 0 Å². The molecule has 1 fully saturated rings.